The van der Waals surface area contributed by atoms with Gasteiger partial charge in [0, 0.05) is 25.9 Å². The summed E-state index contributed by atoms with van der Waals surface area (Å²) in [6.45, 7) is 0. The Bertz CT molecular complexity index is 1140. The minimum absolute atomic E-state index is 0.492. The Kier molecular flexibility index (Phi) is 4.63. The van der Waals surface area contributed by atoms with Crippen LogP contribution in [0.3, 0.4) is 0 Å². The summed E-state index contributed by atoms with van der Waals surface area (Å²) in [6.07, 6.45) is 4.50. The Hall–Kier alpha value is -3.87. The number of aliphatic imine (C=N–C) groups is 1. The zero-order valence-corrected chi connectivity index (χ0v) is 15.6. The van der Waals surface area contributed by atoms with Gasteiger partial charge in [0.05, 0.1) is 17.4 Å². The zero-order valence-electron chi connectivity index (χ0n) is 15.6. The van der Waals surface area contributed by atoms with Gasteiger partial charge < -0.3 is 10.6 Å². The van der Waals surface area contributed by atoms with E-state index in [0.29, 0.717) is 11.5 Å². The second-order valence-corrected chi connectivity index (χ2v) is 6.39. The number of benzene rings is 1. The third kappa shape index (κ3) is 3.25. The highest BCUT2D eigenvalue weighted by Gasteiger charge is 2.14. The van der Waals surface area contributed by atoms with Gasteiger partial charge in [-0.3, -0.25) is 0 Å². The molecule has 28 heavy (non-hydrogen) atoms. The van der Waals surface area contributed by atoms with Gasteiger partial charge in [-0.05, 0) is 29.3 Å². The quantitative estimate of drug-likeness (QED) is 0.437. The Balaban J connectivity index is 1.97. The van der Waals surface area contributed by atoms with Crippen molar-refractivity contribution < 1.29 is 0 Å². The van der Waals surface area contributed by atoms with Gasteiger partial charge in [-0.25, -0.2) is 24.9 Å². The lowest BCUT2D eigenvalue weighted by atomic mass is 10.0. The molecule has 0 amide bonds. The van der Waals surface area contributed by atoms with Gasteiger partial charge >= 0.3 is 0 Å². The molecule has 138 valence electrons. The molecule has 0 bridgehead atoms. The lowest BCUT2D eigenvalue weighted by molar-refractivity contribution is 1.07. The molecule has 0 aliphatic heterocycles. The Morgan fingerprint density at radius 1 is 0.964 bits per heavy atom. The van der Waals surface area contributed by atoms with Gasteiger partial charge in [-0.2, -0.15) is 0 Å². The average Bonchev–Trinajstić information content (AvgIpc) is 2.74. The van der Waals surface area contributed by atoms with Crippen molar-refractivity contribution in [2.75, 3.05) is 19.0 Å². The van der Waals surface area contributed by atoms with Crippen molar-refractivity contribution in [2.24, 2.45) is 10.7 Å². The van der Waals surface area contributed by atoms with Crippen LogP contribution >= 0.6 is 0 Å². The Morgan fingerprint density at radius 2 is 1.79 bits per heavy atom. The number of hydrogen-bond acceptors (Lipinski definition) is 6. The average molecular weight is 369 g/mol. The van der Waals surface area contributed by atoms with Gasteiger partial charge in [0.15, 0.2) is 11.5 Å². The van der Waals surface area contributed by atoms with Crippen LogP contribution in [0.25, 0.3) is 33.4 Å². The minimum Gasteiger partial charge on any atom is -0.390 e. The summed E-state index contributed by atoms with van der Waals surface area (Å²) >= 11 is 0. The smallest absolute Gasteiger partial charge is 0.166 e. The molecule has 0 unspecified atom stereocenters. The number of nitrogens with two attached hydrogens (primary N) is 1. The van der Waals surface area contributed by atoms with E-state index < -0.39 is 0 Å². The third-order valence-electron chi connectivity index (χ3n) is 4.37. The van der Waals surface area contributed by atoms with Crippen molar-refractivity contribution in [2.45, 2.75) is 0 Å². The second-order valence-electron chi connectivity index (χ2n) is 6.39. The molecule has 0 saturated carbocycles. The summed E-state index contributed by atoms with van der Waals surface area (Å²) in [5.41, 5.74) is 9.73. The van der Waals surface area contributed by atoms with Crippen LogP contribution in [-0.2, 0) is 0 Å². The molecule has 0 atom stereocenters. The Labute approximate surface area is 162 Å². The van der Waals surface area contributed by atoms with Crippen molar-refractivity contribution in [1.82, 2.24) is 19.9 Å². The van der Waals surface area contributed by atoms with Crippen LogP contribution < -0.4 is 10.6 Å². The minimum atomic E-state index is 0.492. The van der Waals surface area contributed by atoms with Gasteiger partial charge in [-0.1, -0.05) is 30.3 Å². The fourth-order valence-electron chi connectivity index (χ4n) is 3.01. The zero-order chi connectivity index (χ0) is 19.5. The standard InChI is InChI=1S/C21H19N7/c1-28(2)18-9-8-15(11-23-18)17-10-16(14-6-4-3-5-7-14)19-20(24-12-22)25-13-26-21(19)27-17/h3-13H,1-2H3,(H2,22,24,25,26,27). The van der Waals surface area contributed by atoms with Crippen LogP contribution in [0.1, 0.15) is 0 Å². The van der Waals surface area contributed by atoms with E-state index in [9.17, 15) is 0 Å². The van der Waals surface area contributed by atoms with Gasteiger partial charge in [-0.15, -0.1) is 0 Å². The maximum absolute atomic E-state index is 5.52. The molecular formula is C21H19N7. The van der Waals surface area contributed by atoms with Crippen LogP contribution in [0.15, 0.2) is 66.0 Å². The summed E-state index contributed by atoms with van der Waals surface area (Å²) in [7, 11) is 3.92. The molecule has 0 radical (unpaired) electrons. The summed E-state index contributed by atoms with van der Waals surface area (Å²) < 4.78 is 0. The van der Waals surface area contributed by atoms with Crippen molar-refractivity contribution in [3.05, 3.63) is 61.1 Å². The highest BCUT2D eigenvalue weighted by atomic mass is 15.1. The molecule has 2 N–H and O–H groups in total. The Morgan fingerprint density at radius 3 is 2.46 bits per heavy atom. The van der Waals surface area contributed by atoms with Crippen molar-refractivity contribution in [1.29, 1.82) is 0 Å². The van der Waals surface area contributed by atoms with E-state index in [2.05, 4.69) is 19.9 Å². The van der Waals surface area contributed by atoms with Gasteiger partial charge in [0.25, 0.3) is 0 Å². The van der Waals surface area contributed by atoms with Crippen molar-refractivity contribution >= 4 is 29.0 Å². The first-order valence-corrected chi connectivity index (χ1v) is 8.76. The molecular weight excluding hydrogens is 350 g/mol. The molecule has 4 aromatic rings. The fraction of sp³-hybridized carbons (Fsp3) is 0.0952. The molecule has 0 saturated heterocycles. The molecule has 0 fully saturated rings. The van der Waals surface area contributed by atoms with Gasteiger partial charge in [0.2, 0.25) is 0 Å². The van der Waals surface area contributed by atoms with Crippen LogP contribution in [0, 0.1) is 0 Å². The van der Waals surface area contributed by atoms with Gasteiger partial charge in [0.1, 0.15) is 12.1 Å². The number of rotatable bonds is 4. The second kappa shape index (κ2) is 7.40. The summed E-state index contributed by atoms with van der Waals surface area (Å²) in [5, 5.41) is 0.761. The number of pyridine rings is 2. The number of anilines is 1. The van der Waals surface area contributed by atoms with Crippen molar-refractivity contribution in [3.63, 3.8) is 0 Å². The highest BCUT2D eigenvalue weighted by Crippen LogP contribution is 2.35. The number of aromatic nitrogens is 4. The predicted molar refractivity (Wildman–Crippen MR) is 113 cm³/mol. The number of fused-ring (bicyclic) bond motifs is 1. The molecule has 0 aliphatic carbocycles. The lowest BCUT2D eigenvalue weighted by Crippen LogP contribution is -2.10. The normalized spacial score (nSPS) is 11.2. The molecule has 4 rings (SSSR count). The molecule has 0 aliphatic rings. The first-order chi connectivity index (χ1) is 13.7. The predicted octanol–water partition coefficient (Wildman–Crippen LogP) is 3.44. The van der Waals surface area contributed by atoms with Crippen LogP contribution in [0.5, 0.6) is 0 Å². The maximum Gasteiger partial charge on any atom is 0.166 e. The summed E-state index contributed by atoms with van der Waals surface area (Å²) in [5.74, 6) is 1.38. The molecule has 3 aromatic heterocycles. The summed E-state index contributed by atoms with van der Waals surface area (Å²) in [6, 6.07) is 16.0. The first-order valence-electron chi connectivity index (χ1n) is 8.76. The van der Waals surface area contributed by atoms with E-state index in [-0.39, 0.29) is 0 Å². The SMILES string of the molecule is CN(C)c1ccc(-c2cc(-c3ccccc3)c3c(N=CN)ncnc3n2)cn1. The maximum atomic E-state index is 5.52. The van der Waals surface area contributed by atoms with E-state index >= 15 is 0 Å². The molecule has 0 spiro atoms. The highest BCUT2D eigenvalue weighted by molar-refractivity contribution is 6.01. The van der Waals surface area contributed by atoms with E-state index in [1.165, 1.54) is 12.7 Å². The molecule has 3 heterocycles. The van der Waals surface area contributed by atoms with E-state index in [1.54, 1.807) is 0 Å². The monoisotopic (exact) mass is 369 g/mol. The topological polar surface area (TPSA) is 93.2 Å². The first kappa shape index (κ1) is 17.5. The number of hydrogen-bond donors (Lipinski definition) is 1. The molecule has 1 aromatic carbocycles. The van der Waals surface area contributed by atoms with Crippen LogP contribution in [0.4, 0.5) is 11.6 Å². The lowest BCUT2D eigenvalue weighted by Gasteiger charge is -2.13. The third-order valence-corrected chi connectivity index (χ3v) is 4.37. The van der Waals surface area contributed by atoms with Crippen molar-refractivity contribution in [3.8, 4) is 22.4 Å². The van der Waals surface area contributed by atoms with Crippen LogP contribution in [-0.4, -0.2) is 40.4 Å². The van der Waals surface area contributed by atoms with E-state index in [0.717, 1.165) is 33.6 Å². The number of nitrogens with zero attached hydrogens (tertiary/aromatic N) is 6. The fourth-order valence-corrected chi connectivity index (χ4v) is 3.01. The molecule has 7 nitrogen and oxygen atoms in total. The summed E-state index contributed by atoms with van der Waals surface area (Å²) in [4.78, 5) is 24.0. The van der Waals surface area contributed by atoms with E-state index in [1.807, 2.05) is 73.7 Å². The molecule has 7 heteroatoms. The largest absolute Gasteiger partial charge is 0.390 e. The van der Waals surface area contributed by atoms with Crippen LogP contribution in [0.2, 0.25) is 0 Å². The van der Waals surface area contributed by atoms with E-state index in [4.69, 9.17) is 10.7 Å².